The van der Waals surface area contributed by atoms with Gasteiger partial charge in [-0.2, -0.15) is 0 Å². The Morgan fingerprint density at radius 3 is 2.85 bits per heavy atom. The topological polar surface area (TPSA) is 37.4 Å². The molecule has 20 heavy (non-hydrogen) atoms. The third-order valence-corrected chi connectivity index (χ3v) is 3.71. The summed E-state index contributed by atoms with van der Waals surface area (Å²) in [7, 11) is 0. The monoisotopic (exact) mass is 277 g/mol. The Bertz CT molecular complexity index is 401. The van der Waals surface area contributed by atoms with Crippen LogP contribution in [0, 0.1) is 0 Å². The van der Waals surface area contributed by atoms with Gasteiger partial charge in [0.25, 0.3) is 0 Å². The molecule has 0 bridgehead atoms. The Balaban J connectivity index is 0.000000704. The van der Waals surface area contributed by atoms with Crippen LogP contribution in [0.3, 0.4) is 0 Å². The van der Waals surface area contributed by atoms with Gasteiger partial charge in [-0.3, -0.25) is 0 Å². The second kappa shape index (κ2) is 8.22. The van der Waals surface area contributed by atoms with E-state index in [2.05, 4.69) is 22.3 Å². The first kappa shape index (κ1) is 15.3. The summed E-state index contributed by atoms with van der Waals surface area (Å²) in [6.07, 6.45) is 3.25. The van der Waals surface area contributed by atoms with Gasteiger partial charge in [0.15, 0.2) is 0 Å². The van der Waals surface area contributed by atoms with Crippen LogP contribution in [0.4, 0.5) is 5.82 Å². The molecule has 1 aromatic heterocycles. The smallest absolute Gasteiger partial charge is 0.128 e. The standard InChI is InChI=1S/C14H21N3O.C2H6/c1-8-17(9-11-18-10-1)14-3-2-12-4-6-15-7-5-13(12)16-14;1-2/h2-3,15H,1,4-11H2;1-2H3. The third-order valence-electron chi connectivity index (χ3n) is 3.71. The molecule has 0 atom stereocenters. The third kappa shape index (κ3) is 3.93. The minimum Gasteiger partial charge on any atom is -0.380 e. The van der Waals surface area contributed by atoms with E-state index in [-0.39, 0.29) is 0 Å². The molecule has 3 rings (SSSR count). The summed E-state index contributed by atoms with van der Waals surface area (Å²) in [5, 5.41) is 3.43. The van der Waals surface area contributed by atoms with Crippen molar-refractivity contribution in [3.63, 3.8) is 0 Å². The first-order valence-corrected chi connectivity index (χ1v) is 7.96. The molecule has 1 N–H and O–H groups in total. The normalized spacial score (nSPS) is 19.2. The largest absolute Gasteiger partial charge is 0.380 e. The Labute approximate surface area is 122 Å². The molecule has 0 aromatic carbocycles. The van der Waals surface area contributed by atoms with Crippen LogP contribution in [-0.2, 0) is 17.6 Å². The van der Waals surface area contributed by atoms with Gasteiger partial charge in [0.1, 0.15) is 5.82 Å². The van der Waals surface area contributed by atoms with Gasteiger partial charge in [-0.25, -0.2) is 4.98 Å². The summed E-state index contributed by atoms with van der Waals surface area (Å²) in [6.45, 7) is 9.85. The van der Waals surface area contributed by atoms with E-state index in [1.54, 1.807) is 0 Å². The van der Waals surface area contributed by atoms with Crippen molar-refractivity contribution in [3.05, 3.63) is 23.4 Å². The Hall–Kier alpha value is -1.13. The van der Waals surface area contributed by atoms with Crippen molar-refractivity contribution in [2.75, 3.05) is 44.3 Å². The van der Waals surface area contributed by atoms with Gasteiger partial charge in [-0.05, 0) is 31.0 Å². The minimum absolute atomic E-state index is 0.820. The summed E-state index contributed by atoms with van der Waals surface area (Å²) in [5.41, 5.74) is 2.69. The molecule has 0 unspecified atom stereocenters. The molecule has 3 heterocycles. The number of nitrogens with zero attached hydrogens (tertiary/aromatic N) is 2. The molecule has 4 heteroatoms. The van der Waals surface area contributed by atoms with Crippen molar-refractivity contribution in [3.8, 4) is 0 Å². The molecule has 1 fully saturated rings. The van der Waals surface area contributed by atoms with Crippen molar-refractivity contribution in [1.82, 2.24) is 10.3 Å². The maximum Gasteiger partial charge on any atom is 0.128 e. The molecule has 1 saturated heterocycles. The zero-order valence-corrected chi connectivity index (χ0v) is 12.8. The molecule has 0 radical (unpaired) electrons. The minimum atomic E-state index is 0.820. The second-order valence-corrected chi connectivity index (χ2v) is 4.98. The van der Waals surface area contributed by atoms with Crippen molar-refractivity contribution in [1.29, 1.82) is 0 Å². The lowest BCUT2D eigenvalue weighted by atomic mass is 10.1. The highest BCUT2D eigenvalue weighted by molar-refractivity contribution is 5.42. The van der Waals surface area contributed by atoms with Gasteiger partial charge in [0.05, 0.1) is 6.61 Å². The van der Waals surface area contributed by atoms with Crippen LogP contribution in [0.25, 0.3) is 0 Å². The number of anilines is 1. The molecule has 2 aliphatic heterocycles. The number of ether oxygens (including phenoxy) is 1. The van der Waals surface area contributed by atoms with E-state index in [1.165, 1.54) is 11.3 Å². The second-order valence-electron chi connectivity index (χ2n) is 4.98. The van der Waals surface area contributed by atoms with E-state index in [1.807, 2.05) is 13.8 Å². The molecule has 0 amide bonds. The fourth-order valence-electron chi connectivity index (χ4n) is 2.67. The maximum absolute atomic E-state index is 5.50. The molecule has 112 valence electrons. The number of rotatable bonds is 1. The SMILES string of the molecule is CC.c1cc2c(nc1N1CCCOCC1)CCNCC2. The molecule has 1 aromatic rings. The predicted octanol–water partition coefficient (Wildman–Crippen LogP) is 2.02. The molecular weight excluding hydrogens is 250 g/mol. The summed E-state index contributed by atoms with van der Waals surface area (Å²) in [5.74, 6) is 1.13. The first-order valence-electron chi connectivity index (χ1n) is 7.96. The number of hydrogen-bond donors (Lipinski definition) is 1. The van der Waals surface area contributed by atoms with Crippen LogP contribution >= 0.6 is 0 Å². The van der Waals surface area contributed by atoms with E-state index in [4.69, 9.17) is 9.72 Å². The average molecular weight is 277 g/mol. The van der Waals surface area contributed by atoms with Gasteiger partial charge in [-0.15, -0.1) is 0 Å². The molecular formula is C16H27N3O. The zero-order valence-electron chi connectivity index (χ0n) is 12.8. The number of aromatic nitrogens is 1. The van der Waals surface area contributed by atoms with E-state index in [0.29, 0.717) is 0 Å². The van der Waals surface area contributed by atoms with Gasteiger partial charge in [-0.1, -0.05) is 19.9 Å². The zero-order chi connectivity index (χ0) is 14.2. The van der Waals surface area contributed by atoms with Crippen molar-refractivity contribution in [2.24, 2.45) is 0 Å². The van der Waals surface area contributed by atoms with Crippen molar-refractivity contribution in [2.45, 2.75) is 33.1 Å². The quantitative estimate of drug-likeness (QED) is 0.852. The number of fused-ring (bicyclic) bond motifs is 1. The van der Waals surface area contributed by atoms with Crippen LogP contribution < -0.4 is 10.2 Å². The predicted molar refractivity (Wildman–Crippen MR) is 83.5 cm³/mol. The fraction of sp³-hybridized carbons (Fsp3) is 0.688. The number of pyridine rings is 1. The van der Waals surface area contributed by atoms with Crippen LogP contribution in [0.5, 0.6) is 0 Å². The highest BCUT2D eigenvalue weighted by atomic mass is 16.5. The molecule has 2 aliphatic rings. The molecule has 0 aliphatic carbocycles. The van der Waals surface area contributed by atoms with Gasteiger partial charge < -0.3 is 15.0 Å². The lowest BCUT2D eigenvalue weighted by Crippen LogP contribution is -2.27. The number of hydrogen-bond acceptors (Lipinski definition) is 4. The highest BCUT2D eigenvalue weighted by Crippen LogP contribution is 2.18. The molecule has 0 saturated carbocycles. The fourth-order valence-corrected chi connectivity index (χ4v) is 2.67. The highest BCUT2D eigenvalue weighted by Gasteiger charge is 2.14. The van der Waals surface area contributed by atoms with Crippen molar-refractivity contribution >= 4 is 5.82 Å². The van der Waals surface area contributed by atoms with Crippen LogP contribution in [0.15, 0.2) is 12.1 Å². The van der Waals surface area contributed by atoms with E-state index >= 15 is 0 Å². The summed E-state index contributed by atoms with van der Waals surface area (Å²) in [6, 6.07) is 4.44. The first-order chi connectivity index (χ1) is 9.93. The Morgan fingerprint density at radius 1 is 1.10 bits per heavy atom. The Morgan fingerprint density at radius 2 is 1.95 bits per heavy atom. The summed E-state index contributed by atoms with van der Waals surface area (Å²) < 4.78 is 5.50. The lowest BCUT2D eigenvalue weighted by Gasteiger charge is -2.21. The van der Waals surface area contributed by atoms with Gasteiger partial charge >= 0.3 is 0 Å². The van der Waals surface area contributed by atoms with E-state index in [0.717, 1.165) is 64.5 Å². The van der Waals surface area contributed by atoms with Crippen LogP contribution in [0.2, 0.25) is 0 Å². The lowest BCUT2D eigenvalue weighted by molar-refractivity contribution is 0.152. The van der Waals surface area contributed by atoms with E-state index < -0.39 is 0 Å². The van der Waals surface area contributed by atoms with E-state index in [9.17, 15) is 0 Å². The Kier molecular flexibility index (Phi) is 6.27. The maximum atomic E-state index is 5.50. The molecule has 0 spiro atoms. The summed E-state index contributed by atoms with van der Waals surface area (Å²) >= 11 is 0. The number of nitrogens with one attached hydrogen (secondary N) is 1. The van der Waals surface area contributed by atoms with Gasteiger partial charge in [0.2, 0.25) is 0 Å². The van der Waals surface area contributed by atoms with Crippen LogP contribution in [-0.4, -0.2) is 44.4 Å². The molecule has 4 nitrogen and oxygen atoms in total. The summed E-state index contributed by atoms with van der Waals surface area (Å²) in [4.78, 5) is 7.22. The average Bonchev–Trinajstić information content (AvgIpc) is 2.91. The van der Waals surface area contributed by atoms with Crippen molar-refractivity contribution < 1.29 is 4.74 Å². The van der Waals surface area contributed by atoms with Crippen LogP contribution in [0.1, 0.15) is 31.5 Å². The van der Waals surface area contributed by atoms with Gasteiger partial charge in [0, 0.05) is 38.4 Å².